The van der Waals surface area contributed by atoms with Crippen LogP contribution in [0.15, 0.2) is 30.3 Å². The van der Waals surface area contributed by atoms with Gasteiger partial charge < -0.3 is 13.9 Å². The normalized spacial score (nSPS) is 21.0. The van der Waals surface area contributed by atoms with E-state index >= 15 is 0 Å². The molecule has 0 spiro atoms. The lowest BCUT2D eigenvalue weighted by atomic mass is 9.99. The molecule has 0 saturated carbocycles. The van der Waals surface area contributed by atoms with Crippen molar-refractivity contribution in [1.29, 1.82) is 0 Å². The molecule has 2 rings (SSSR count). The Bertz CT molecular complexity index is 779. The fraction of sp³-hybridized carbons (Fsp3) is 0.571. The van der Waals surface area contributed by atoms with E-state index in [0.29, 0.717) is 5.56 Å². The van der Waals surface area contributed by atoms with Crippen LogP contribution in [0.4, 0.5) is 9.59 Å². The number of carbonyl (C=O) groups excluding carboxylic acids is 3. The number of rotatable bonds is 3. The molecule has 0 aliphatic carbocycles. The van der Waals surface area contributed by atoms with Gasteiger partial charge in [-0.05, 0) is 44.5 Å². The van der Waals surface area contributed by atoms with Gasteiger partial charge in [-0.2, -0.15) is 0 Å². The Hall–Kier alpha value is -2.19. The maximum atomic E-state index is 12.9. The van der Waals surface area contributed by atoms with Crippen LogP contribution in [0.2, 0.25) is 18.1 Å². The summed E-state index contributed by atoms with van der Waals surface area (Å²) < 4.78 is 16.7. The Labute approximate surface area is 173 Å². The lowest BCUT2D eigenvalue weighted by Crippen LogP contribution is -2.58. The van der Waals surface area contributed by atoms with E-state index in [1.807, 2.05) is 39.9 Å². The van der Waals surface area contributed by atoms with Crippen LogP contribution in [0.5, 0.6) is 0 Å². The number of cyclic esters (lactones) is 2. The average Bonchev–Trinajstić information content (AvgIpc) is 2.54. The van der Waals surface area contributed by atoms with Gasteiger partial charge in [-0.25, -0.2) is 19.3 Å². The van der Waals surface area contributed by atoms with Crippen molar-refractivity contribution in [1.82, 2.24) is 4.90 Å². The lowest BCUT2D eigenvalue weighted by molar-refractivity contribution is -0.156. The number of benzene rings is 1. The molecule has 29 heavy (non-hydrogen) atoms. The van der Waals surface area contributed by atoms with Gasteiger partial charge in [0.2, 0.25) is 0 Å². The fourth-order valence-electron chi connectivity index (χ4n) is 2.65. The zero-order chi connectivity index (χ0) is 22.2. The first-order chi connectivity index (χ1) is 13.1. The fourth-order valence-corrected chi connectivity index (χ4v) is 3.86. The number of ether oxygens (including phenoxy) is 2. The van der Waals surface area contributed by atoms with E-state index in [2.05, 4.69) is 0 Å². The van der Waals surface area contributed by atoms with Crippen molar-refractivity contribution >= 4 is 26.5 Å². The molecular formula is C21H31NO6Si. The van der Waals surface area contributed by atoms with E-state index < -0.39 is 44.2 Å². The highest BCUT2D eigenvalue weighted by Crippen LogP contribution is 2.41. The van der Waals surface area contributed by atoms with Crippen LogP contribution in [0.1, 0.15) is 53.1 Å². The molecule has 0 aromatic heterocycles. The number of carbonyl (C=O) groups is 3. The molecule has 1 saturated heterocycles. The van der Waals surface area contributed by atoms with E-state index in [-0.39, 0.29) is 5.04 Å². The predicted molar refractivity (Wildman–Crippen MR) is 111 cm³/mol. The van der Waals surface area contributed by atoms with Gasteiger partial charge in [-0.3, -0.25) is 0 Å². The molecule has 1 aromatic carbocycles. The van der Waals surface area contributed by atoms with Crippen LogP contribution in [-0.2, 0) is 18.7 Å². The Morgan fingerprint density at radius 1 is 1.03 bits per heavy atom. The molecule has 0 N–H and O–H groups in total. The molecule has 1 heterocycles. The minimum absolute atomic E-state index is 0.188. The summed E-state index contributed by atoms with van der Waals surface area (Å²) in [5.41, 5.74) is -0.234. The Morgan fingerprint density at radius 2 is 1.59 bits per heavy atom. The third-order valence-corrected chi connectivity index (χ3v) is 9.60. The highest BCUT2D eigenvalue weighted by Gasteiger charge is 2.52. The second-order valence-electron chi connectivity index (χ2n) is 9.69. The molecule has 2 atom stereocenters. The molecule has 1 aliphatic rings. The predicted octanol–water partition coefficient (Wildman–Crippen LogP) is 5.03. The SMILES string of the molecule is CC(C)(C)OC(=O)N1C(=O)OC(=O)[C@H](O[Si](C)(C)C(C)(C)C)[C@@H]1c1ccccc1. The molecule has 1 aliphatic heterocycles. The molecule has 2 amide bonds. The van der Waals surface area contributed by atoms with Gasteiger partial charge in [0.1, 0.15) is 11.6 Å². The Kier molecular flexibility index (Phi) is 6.30. The van der Waals surface area contributed by atoms with Crippen molar-refractivity contribution in [3.8, 4) is 0 Å². The quantitative estimate of drug-likeness (QED) is 0.387. The van der Waals surface area contributed by atoms with Gasteiger partial charge in [0.05, 0.1) is 0 Å². The maximum Gasteiger partial charge on any atom is 0.427 e. The smallest absolute Gasteiger partial charge is 0.427 e. The van der Waals surface area contributed by atoms with Crippen LogP contribution in [0.25, 0.3) is 0 Å². The maximum absolute atomic E-state index is 12.9. The number of hydrogen-bond acceptors (Lipinski definition) is 6. The minimum Gasteiger partial charge on any atom is -0.443 e. The topological polar surface area (TPSA) is 82.1 Å². The number of imide groups is 1. The zero-order valence-corrected chi connectivity index (χ0v) is 19.4. The van der Waals surface area contributed by atoms with Crippen LogP contribution >= 0.6 is 0 Å². The monoisotopic (exact) mass is 421 g/mol. The van der Waals surface area contributed by atoms with E-state index in [4.69, 9.17) is 13.9 Å². The number of amides is 2. The van der Waals surface area contributed by atoms with Crippen LogP contribution < -0.4 is 0 Å². The largest absolute Gasteiger partial charge is 0.443 e. The number of nitrogens with zero attached hydrogens (tertiary/aromatic N) is 1. The van der Waals surface area contributed by atoms with Gasteiger partial charge in [0.15, 0.2) is 14.4 Å². The summed E-state index contributed by atoms with van der Waals surface area (Å²) in [7, 11) is -2.43. The van der Waals surface area contributed by atoms with Crippen LogP contribution in [-0.4, -0.2) is 43.1 Å². The molecule has 8 heteroatoms. The summed E-state index contributed by atoms with van der Waals surface area (Å²) >= 11 is 0. The van der Waals surface area contributed by atoms with Crippen molar-refractivity contribution in [2.75, 3.05) is 0 Å². The summed E-state index contributed by atoms with van der Waals surface area (Å²) in [6, 6.07) is 7.88. The Morgan fingerprint density at radius 3 is 2.07 bits per heavy atom. The molecule has 0 bridgehead atoms. The standard InChI is InChI=1S/C21H31NO6Si/c1-20(2,3)27-19(25)22-15(14-12-10-9-11-13-14)16(17(23)26-18(22)24)28-29(7,8)21(4,5)6/h9-13,15-16H,1-8H3/t15-,16+/m0/s1. The molecular weight excluding hydrogens is 390 g/mol. The highest BCUT2D eigenvalue weighted by molar-refractivity contribution is 6.74. The van der Waals surface area contributed by atoms with E-state index in [0.717, 1.165) is 4.90 Å². The second-order valence-corrected chi connectivity index (χ2v) is 14.4. The van der Waals surface area contributed by atoms with Crippen molar-refractivity contribution < 1.29 is 28.3 Å². The summed E-state index contributed by atoms with van der Waals surface area (Å²) in [4.78, 5) is 39.0. The molecule has 1 aromatic rings. The Balaban J connectivity index is 2.54. The third-order valence-electron chi connectivity index (χ3n) is 5.14. The van der Waals surface area contributed by atoms with E-state index in [1.165, 1.54) is 0 Å². The summed E-state index contributed by atoms with van der Waals surface area (Å²) in [5.74, 6) is -0.798. The lowest BCUT2D eigenvalue weighted by Gasteiger charge is -2.44. The summed E-state index contributed by atoms with van der Waals surface area (Å²) in [6.45, 7) is 15.2. The molecule has 160 valence electrons. The summed E-state index contributed by atoms with van der Waals surface area (Å²) in [5, 5.41) is -0.188. The molecule has 7 nitrogen and oxygen atoms in total. The number of esters is 1. The van der Waals surface area contributed by atoms with Gasteiger partial charge >= 0.3 is 18.2 Å². The van der Waals surface area contributed by atoms with E-state index in [9.17, 15) is 14.4 Å². The van der Waals surface area contributed by atoms with Crippen molar-refractivity contribution in [3.63, 3.8) is 0 Å². The van der Waals surface area contributed by atoms with Gasteiger partial charge in [0, 0.05) is 0 Å². The zero-order valence-electron chi connectivity index (χ0n) is 18.4. The first-order valence-corrected chi connectivity index (χ1v) is 12.6. The van der Waals surface area contributed by atoms with Crippen molar-refractivity contribution in [2.24, 2.45) is 0 Å². The van der Waals surface area contributed by atoms with Crippen molar-refractivity contribution in [3.05, 3.63) is 35.9 Å². The van der Waals surface area contributed by atoms with Gasteiger partial charge in [0.25, 0.3) is 0 Å². The number of hydrogen-bond donors (Lipinski definition) is 0. The van der Waals surface area contributed by atoms with Crippen LogP contribution in [0.3, 0.4) is 0 Å². The molecule has 0 unspecified atom stereocenters. The third kappa shape index (κ3) is 5.25. The first kappa shape index (κ1) is 23.1. The molecule has 0 radical (unpaired) electrons. The highest BCUT2D eigenvalue weighted by atomic mass is 28.4. The minimum atomic E-state index is -2.43. The first-order valence-electron chi connectivity index (χ1n) is 9.65. The van der Waals surface area contributed by atoms with Crippen LogP contribution in [0, 0.1) is 0 Å². The van der Waals surface area contributed by atoms with Gasteiger partial charge in [-0.1, -0.05) is 51.1 Å². The van der Waals surface area contributed by atoms with Crippen molar-refractivity contribution in [2.45, 2.75) is 77.4 Å². The molecule has 1 fully saturated rings. The summed E-state index contributed by atoms with van der Waals surface area (Å²) in [6.07, 6.45) is -3.08. The van der Waals surface area contributed by atoms with Gasteiger partial charge in [-0.15, -0.1) is 0 Å². The average molecular weight is 422 g/mol. The second kappa shape index (κ2) is 7.91. The van der Waals surface area contributed by atoms with E-state index in [1.54, 1.807) is 45.0 Å².